The van der Waals surface area contributed by atoms with E-state index in [9.17, 15) is 18.4 Å². The molecule has 116 valence electrons. The lowest BCUT2D eigenvalue weighted by Gasteiger charge is -2.35. The van der Waals surface area contributed by atoms with Crippen LogP contribution in [0.25, 0.3) is 0 Å². The molecule has 0 aromatic heterocycles. The van der Waals surface area contributed by atoms with E-state index in [-0.39, 0.29) is 18.5 Å². The molecule has 0 fully saturated rings. The van der Waals surface area contributed by atoms with Gasteiger partial charge in [-0.3, -0.25) is 9.59 Å². The zero-order chi connectivity index (χ0) is 16.4. The summed E-state index contributed by atoms with van der Waals surface area (Å²) in [4.78, 5) is 24.3. The van der Waals surface area contributed by atoms with Crippen molar-refractivity contribution in [3.05, 3.63) is 34.9 Å². The van der Waals surface area contributed by atoms with Crippen molar-refractivity contribution in [2.45, 2.75) is 39.7 Å². The molecule has 1 aromatic carbocycles. The summed E-state index contributed by atoms with van der Waals surface area (Å²) in [5.74, 6) is -3.79. The van der Waals surface area contributed by atoms with E-state index >= 15 is 0 Å². The molecule has 0 heterocycles. The number of amides is 1. The standard InChI is InChI=1S/C15H19F2NO3/c1-9-5-6-10(16)12(13(9)17)14(21)18(15(2,3)4)8-7-11(19)20/h5-6H,7-8H2,1-4H3,(H,19,20). The van der Waals surface area contributed by atoms with Crippen LogP contribution in [0.5, 0.6) is 0 Å². The lowest BCUT2D eigenvalue weighted by Crippen LogP contribution is -2.47. The van der Waals surface area contributed by atoms with Gasteiger partial charge in [0.25, 0.3) is 5.91 Å². The van der Waals surface area contributed by atoms with Gasteiger partial charge in [0.2, 0.25) is 0 Å². The molecular formula is C15H19F2NO3. The molecule has 21 heavy (non-hydrogen) atoms. The summed E-state index contributed by atoms with van der Waals surface area (Å²) >= 11 is 0. The molecule has 0 aliphatic carbocycles. The molecular weight excluding hydrogens is 280 g/mol. The highest BCUT2D eigenvalue weighted by Gasteiger charge is 2.31. The number of carboxylic acid groups (broad SMARTS) is 1. The molecule has 1 amide bonds. The summed E-state index contributed by atoms with van der Waals surface area (Å²) in [7, 11) is 0. The van der Waals surface area contributed by atoms with Crippen LogP contribution >= 0.6 is 0 Å². The zero-order valence-electron chi connectivity index (χ0n) is 12.5. The third-order valence-electron chi connectivity index (χ3n) is 3.10. The van der Waals surface area contributed by atoms with Crippen LogP contribution in [0.2, 0.25) is 0 Å². The second-order valence-corrected chi connectivity index (χ2v) is 5.82. The molecule has 1 aromatic rings. The molecule has 0 saturated carbocycles. The largest absolute Gasteiger partial charge is 0.481 e. The summed E-state index contributed by atoms with van der Waals surface area (Å²) in [5.41, 5.74) is -1.24. The zero-order valence-corrected chi connectivity index (χ0v) is 12.5. The van der Waals surface area contributed by atoms with Crippen molar-refractivity contribution in [2.24, 2.45) is 0 Å². The second-order valence-electron chi connectivity index (χ2n) is 5.82. The van der Waals surface area contributed by atoms with Crippen molar-refractivity contribution in [1.29, 1.82) is 0 Å². The highest BCUT2D eigenvalue weighted by atomic mass is 19.1. The molecule has 0 saturated heterocycles. The van der Waals surface area contributed by atoms with E-state index in [0.717, 1.165) is 6.07 Å². The van der Waals surface area contributed by atoms with Crippen LogP contribution < -0.4 is 0 Å². The van der Waals surface area contributed by atoms with Gasteiger partial charge in [0.1, 0.15) is 17.2 Å². The SMILES string of the molecule is Cc1ccc(F)c(C(=O)N(CCC(=O)O)C(C)(C)C)c1F. The molecule has 0 bridgehead atoms. The van der Waals surface area contributed by atoms with Gasteiger partial charge < -0.3 is 10.0 Å². The van der Waals surface area contributed by atoms with Gasteiger partial charge in [-0.2, -0.15) is 0 Å². The number of nitrogens with zero attached hydrogens (tertiary/aromatic N) is 1. The Morgan fingerprint density at radius 1 is 1.24 bits per heavy atom. The molecule has 0 atom stereocenters. The van der Waals surface area contributed by atoms with Crippen LogP contribution in [0.3, 0.4) is 0 Å². The minimum Gasteiger partial charge on any atom is -0.481 e. The van der Waals surface area contributed by atoms with Gasteiger partial charge in [-0.25, -0.2) is 8.78 Å². The second kappa shape index (κ2) is 6.20. The fraction of sp³-hybridized carbons (Fsp3) is 0.467. The van der Waals surface area contributed by atoms with Crippen molar-refractivity contribution in [1.82, 2.24) is 4.90 Å². The first kappa shape index (κ1) is 17.1. The Morgan fingerprint density at radius 3 is 2.29 bits per heavy atom. The van der Waals surface area contributed by atoms with Crippen LogP contribution in [0, 0.1) is 18.6 Å². The first-order chi connectivity index (χ1) is 9.55. The van der Waals surface area contributed by atoms with Gasteiger partial charge in [-0.1, -0.05) is 6.07 Å². The molecule has 0 spiro atoms. The monoisotopic (exact) mass is 299 g/mol. The number of halogens is 2. The first-order valence-corrected chi connectivity index (χ1v) is 6.54. The average molecular weight is 299 g/mol. The first-order valence-electron chi connectivity index (χ1n) is 6.54. The number of rotatable bonds is 4. The van der Waals surface area contributed by atoms with Crippen molar-refractivity contribution < 1.29 is 23.5 Å². The van der Waals surface area contributed by atoms with Crippen LogP contribution in [0.15, 0.2) is 12.1 Å². The van der Waals surface area contributed by atoms with Crippen molar-refractivity contribution in [3.8, 4) is 0 Å². The Labute approximate surface area is 122 Å². The van der Waals surface area contributed by atoms with Gasteiger partial charge in [0.05, 0.1) is 6.42 Å². The number of aryl methyl sites for hydroxylation is 1. The minimum absolute atomic E-state index is 0.121. The lowest BCUT2D eigenvalue weighted by molar-refractivity contribution is -0.137. The number of carbonyl (C=O) groups is 2. The predicted octanol–water partition coefficient (Wildman–Crippen LogP) is 2.99. The Morgan fingerprint density at radius 2 is 1.81 bits per heavy atom. The van der Waals surface area contributed by atoms with E-state index in [1.54, 1.807) is 20.8 Å². The van der Waals surface area contributed by atoms with Crippen LogP contribution in [-0.2, 0) is 4.79 Å². The molecule has 0 aliphatic heterocycles. The molecule has 0 unspecified atom stereocenters. The Balaban J connectivity index is 3.23. The van der Waals surface area contributed by atoms with E-state index in [2.05, 4.69) is 0 Å². The van der Waals surface area contributed by atoms with Crippen molar-refractivity contribution in [3.63, 3.8) is 0 Å². The van der Waals surface area contributed by atoms with Crippen LogP contribution in [-0.4, -0.2) is 34.0 Å². The van der Waals surface area contributed by atoms with E-state index in [4.69, 9.17) is 5.11 Å². The number of hydrogen-bond donors (Lipinski definition) is 1. The summed E-state index contributed by atoms with van der Waals surface area (Å²) in [6, 6.07) is 2.28. The highest BCUT2D eigenvalue weighted by Crippen LogP contribution is 2.23. The molecule has 1 N–H and O–H groups in total. The normalized spacial score (nSPS) is 11.3. The molecule has 1 rings (SSSR count). The number of aliphatic carboxylic acids is 1. The number of benzene rings is 1. The Kier molecular flexibility index (Phi) is 5.04. The Hall–Kier alpha value is -1.98. The van der Waals surface area contributed by atoms with Crippen molar-refractivity contribution in [2.75, 3.05) is 6.54 Å². The van der Waals surface area contributed by atoms with Gasteiger partial charge in [0, 0.05) is 12.1 Å². The molecule has 6 heteroatoms. The van der Waals surface area contributed by atoms with E-state index in [0.29, 0.717) is 0 Å². The summed E-state index contributed by atoms with van der Waals surface area (Å²) in [6.45, 7) is 6.35. The van der Waals surface area contributed by atoms with Gasteiger partial charge >= 0.3 is 5.97 Å². The third-order valence-corrected chi connectivity index (χ3v) is 3.10. The minimum atomic E-state index is -1.08. The van der Waals surface area contributed by atoms with E-state index in [1.807, 2.05) is 0 Å². The highest BCUT2D eigenvalue weighted by molar-refractivity contribution is 5.95. The molecule has 0 aliphatic rings. The summed E-state index contributed by atoms with van der Waals surface area (Å²) in [5, 5.41) is 8.75. The fourth-order valence-corrected chi connectivity index (χ4v) is 1.94. The van der Waals surface area contributed by atoms with Crippen molar-refractivity contribution >= 4 is 11.9 Å². The summed E-state index contributed by atoms with van der Waals surface area (Å²) in [6.07, 6.45) is -0.294. The van der Waals surface area contributed by atoms with Gasteiger partial charge in [0.15, 0.2) is 0 Å². The smallest absolute Gasteiger partial charge is 0.305 e. The number of hydrogen-bond acceptors (Lipinski definition) is 2. The maximum Gasteiger partial charge on any atom is 0.305 e. The fourth-order valence-electron chi connectivity index (χ4n) is 1.94. The quantitative estimate of drug-likeness (QED) is 0.930. The number of carboxylic acids is 1. The number of carbonyl (C=O) groups excluding carboxylic acids is 1. The topological polar surface area (TPSA) is 57.6 Å². The van der Waals surface area contributed by atoms with Gasteiger partial charge in [-0.15, -0.1) is 0 Å². The van der Waals surface area contributed by atoms with E-state index < -0.39 is 34.6 Å². The maximum atomic E-state index is 14.1. The molecule has 0 radical (unpaired) electrons. The van der Waals surface area contributed by atoms with Gasteiger partial charge in [-0.05, 0) is 39.3 Å². The summed E-state index contributed by atoms with van der Waals surface area (Å²) < 4.78 is 27.9. The predicted molar refractivity (Wildman–Crippen MR) is 74.1 cm³/mol. The molecule has 4 nitrogen and oxygen atoms in total. The van der Waals surface area contributed by atoms with Crippen LogP contribution in [0.1, 0.15) is 43.1 Å². The average Bonchev–Trinajstić information content (AvgIpc) is 2.32. The lowest BCUT2D eigenvalue weighted by atomic mass is 10.0. The van der Waals surface area contributed by atoms with E-state index in [1.165, 1.54) is 17.9 Å². The van der Waals surface area contributed by atoms with Crippen LogP contribution in [0.4, 0.5) is 8.78 Å². The maximum absolute atomic E-state index is 14.1. The Bertz CT molecular complexity index is 565. The third kappa shape index (κ3) is 4.00.